The van der Waals surface area contributed by atoms with Gasteiger partial charge in [-0.1, -0.05) is 30.0 Å². The molecule has 1 aliphatic rings. The van der Waals surface area contributed by atoms with Crippen molar-refractivity contribution in [3.8, 4) is 0 Å². The van der Waals surface area contributed by atoms with Crippen molar-refractivity contribution in [3.05, 3.63) is 30.3 Å². The zero-order valence-electron chi connectivity index (χ0n) is 17.2. The third-order valence-electron chi connectivity index (χ3n) is 4.04. The fourth-order valence-corrected chi connectivity index (χ4v) is 2.91. The maximum absolute atomic E-state index is 11.9. The number of carbonyl (C=O) groups is 3. The van der Waals surface area contributed by atoms with E-state index in [0.29, 0.717) is 5.69 Å². The molecular weight excluding hydrogens is 493 g/mol. The zero-order valence-corrected chi connectivity index (χ0v) is 18.0. The topological polar surface area (TPSA) is 209 Å². The molecule has 0 saturated carbocycles. The van der Waals surface area contributed by atoms with Crippen LogP contribution in [0.15, 0.2) is 30.3 Å². The van der Waals surface area contributed by atoms with Gasteiger partial charge in [0, 0.05) is 11.4 Å². The summed E-state index contributed by atoms with van der Waals surface area (Å²) in [6, 6.07) is 7.64. The second-order valence-electron chi connectivity index (χ2n) is 6.67. The van der Waals surface area contributed by atoms with E-state index < -0.39 is 66.7 Å². The van der Waals surface area contributed by atoms with Crippen LogP contribution in [0.5, 0.6) is 0 Å². The predicted octanol–water partition coefficient (Wildman–Crippen LogP) is -0.745. The van der Waals surface area contributed by atoms with Gasteiger partial charge in [-0.25, -0.2) is 4.79 Å². The van der Waals surface area contributed by atoms with E-state index in [9.17, 15) is 43.2 Å². The first-order valence-electron chi connectivity index (χ1n) is 9.33. The van der Waals surface area contributed by atoms with Crippen molar-refractivity contribution in [2.45, 2.75) is 42.9 Å². The van der Waals surface area contributed by atoms with E-state index in [1.807, 2.05) is 0 Å². The van der Waals surface area contributed by atoms with Crippen LogP contribution in [0.3, 0.4) is 0 Å². The van der Waals surface area contributed by atoms with Crippen molar-refractivity contribution >= 4 is 34.6 Å². The highest BCUT2D eigenvalue weighted by Gasteiger charge is 2.43. The molecule has 1 aromatic carbocycles. The molecule has 0 unspecified atom stereocenters. The molecule has 1 heterocycles. The molecule has 1 amide bonds. The SMILES string of the molecule is N[C@H](CSC(=O)Nc1ccccc1)C(=O)OC[C@H]1O[C@H](O)[C@H](O)[C@@H](O)[C@@H]1O.O=C(O)C(F)(F)F. The number of nitrogens with one attached hydrogen (secondary N) is 1. The van der Waals surface area contributed by atoms with E-state index in [4.69, 9.17) is 25.1 Å². The number of carboxylic acid groups (broad SMARTS) is 1. The first-order valence-corrected chi connectivity index (χ1v) is 10.3. The Morgan fingerprint density at radius 2 is 1.65 bits per heavy atom. The summed E-state index contributed by atoms with van der Waals surface area (Å²) in [7, 11) is 0. The molecule has 0 spiro atoms. The quantitative estimate of drug-likeness (QED) is 0.233. The van der Waals surface area contributed by atoms with E-state index in [1.54, 1.807) is 30.3 Å². The molecule has 6 atom stereocenters. The van der Waals surface area contributed by atoms with Gasteiger partial charge in [-0.2, -0.15) is 13.2 Å². The summed E-state index contributed by atoms with van der Waals surface area (Å²) >= 11 is 0.801. The highest BCUT2D eigenvalue weighted by Crippen LogP contribution is 2.20. The monoisotopic (exact) mass is 516 g/mol. The minimum atomic E-state index is -5.08. The van der Waals surface area contributed by atoms with Gasteiger partial charge >= 0.3 is 18.1 Å². The number of aliphatic hydroxyl groups is 4. The maximum atomic E-state index is 11.9. The molecule has 0 radical (unpaired) electrons. The number of hydrogen-bond acceptors (Lipinski definition) is 11. The standard InChI is InChI=1S/C16H22N2O8S.C2HF3O2/c17-9(7-27-16(24)18-8-4-2-1-3-5-8)14(22)25-6-10-11(19)12(20)13(21)15(23)26-10;3-2(4,5)1(6)7/h1-5,9-13,15,19-21,23H,6-7,17H2,(H,18,24);(H,6,7)/t9-,10-,11-,12+,13-,15+;/m1./s1. The number of amides is 1. The lowest BCUT2D eigenvalue weighted by molar-refractivity contribution is -0.287. The molecular formula is C18H23F3N2O10S. The van der Waals surface area contributed by atoms with Crippen molar-refractivity contribution in [1.82, 2.24) is 0 Å². The Hall–Kier alpha value is -2.47. The molecule has 1 aromatic rings. The molecule has 1 fully saturated rings. The lowest BCUT2D eigenvalue weighted by atomic mass is 9.99. The maximum Gasteiger partial charge on any atom is 0.490 e. The van der Waals surface area contributed by atoms with Crippen molar-refractivity contribution < 1.29 is 62.6 Å². The predicted molar refractivity (Wildman–Crippen MR) is 109 cm³/mol. The number of benzene rings is 1. The summed E-state index contributed by atoms with van der Waals surface area (Å²) in [5.41, 5.74) is 6.27. The van der Waals surface area contributed by atoms with Crippen LogP contribution in [0.4, 0.5) is 23.7 Å². The molecule has 2 rings (SSSR count). The molecule has 0 aliphatic carbocycles. The number of alkyl halides is 3. The number of hydrogen-bond donors (Lipinski definition) is 7. The Morgan fingerprint density at radius 1 is 1.09 bits per heavy atom. The highest BCUT2D eigenvalue weighted by atomic mass is 32.2. The number of carbonyl (C=O) groups excluding carboxylic acids is 2. The minimum Gasteiger partial charge on any atom is -0.475 e. The Morgan fingerprint density at radius 3 is 2.18 bits per heavy atom. The average Bonchev–Trinajstić information content (AvgIpc) is 2.77. The lowest BCUT2D eigenvalue weighted by Gasteiger charge is -2.37. The largest absolute Gasteiger partial charge is 0.490 e. The number of para-hydroxylation sites is 1. The number of anilines is 1. The number of carboxylic acids is 1. The number of nitrogens with two attached hydrogens (primary N) is 1. The molecule has 192 valence electrons. The second kappa shape index (κ2) is 13.4. The van der Waals surface area contributed by atoms with Gasteiger partial charge in [0.25, 0.3) is 5.24 Å². The fourth-order valence-electron chi connectivity index (χ4n) is 2.25. The zero-order chi connectivity index (χ0) is 26.1. The van der Waals surface area contributed by atoms with Crippen LogP contribution in [0.25, 0.3) is 0 Å². The molecule has 0 bridgehead atoms. The lowest BCUT2D eigenvalue weighted by Crippen LogP contribution is -2.58. The van der Waals surface area contributed by atoms with Gasteiger partial charge in [0.15, 0.2) is 6.29 Å². The van der Waals surface area contributed by atoms with Gasteiger partial charge in [-0.05, 0) is 12.1 Å². The van der Waals surface area contributed by atoms with Crippen LogP contribution in [0.1, 0.15) is 0 Å². The van der Waals surface area contributed by atoms with Crippen molar-refractivity contribution in [2.24, 2.45) is 5.73 Å². The summed E-state index contributed by atoms with van der Waals surface area (Å²) < 4.78 is 41.5. The normalized spacial score (nSPS) is 25.4. The molecule has 34 heavy (non-hydrogen) atoms. The summed E-state index contributed by atoms with van der Waals surface area (Å²) in [6.07, 6.45) is -12.9. The van der Waals surface area contributed by atoms with Gasteiger partial charge in [-0.3, -0.25) is 9.59 Å². The average molecular weight is 516 g/mol. The summed E-state index contributed by atoms with van der Waals surface area (Å²) in [4.78, 5) is 32.6. The molecule has 0 aromatic heterocycles. The molecule has 8 N–H and O–H groups in total. The molecule has 16 heteroatoms. The van der Waals surface area contributed by atoms with Crippen LogP contribution in [0.2, 0.25) is 0 Å². The second-order valence-corrected chi connectivity index (χ2v) is 7.66. The van der Waals surface area contributed by atoms with Crippen molar-refractivity contribution in [2.75, 3.05) is 17.7 Å². The number of aliphatic carboxylic acids is 1. The van der Waals surface area contributed by atoms with Gasteiger partial charge in [0.05, 0.1) is 0 Å². The van der Waals surface area contributed by atoms with Crippen molar-refractivity contribution in [1.29, 1.82) is 0 Å². The fraction of sp³-hybridized carbons (Fsp3) is 0.500. The van der Waals surface area contributed by atoms with E-state index in [1.165, 1.54) is 0 Å². The number of esters is 1. The van der Waals surface area contributed by atoms with Crippen LogP contribution in [-0.2, 0) is 19.1 Å². The Kier molecular flexibility index (Phi) is 11.7. The first kappa shape index (κ1) is 29.6. The number of thioether (sulfide) groups is 1. The minimum absolute atomic E-state index is 0.0461. The van der Waals surface area contributed by atoms with E-state index in [-0.39, 0.29) is 5.75 Å². The molecule has 1 aliphatic heterocycles. The summed E-state index contributed by atoms with van der Waals surface area (Å²) in [6.45, 7) is -0.491. The van der Waals surface area contributed by atoms with Gasteiger partial charge < -0.3 is 46.1 Å². The molecule has 1 saturated heterocycles. The van der Waals surface area contributed by atoms with Gasteiger partial charge in [-0.15, -0.1) is 0 Å². The van der Waals surface area contributed by atoms with Crippen LogP contribution in [-0.4, -0.2) is 98.0 Å². The van der Waals surface area contributed by atoms with Gasteiger partial charge in [0.2, 0.25) is 0 Å². The Balaban J connectivity index is 0.000000718. The van der Waals surface area contributed by atoms with Gasteiger partial charge in [0.1, 0.15) is 37.1 Å². The van der Waals surface area contributed by atoms with Crippen LogP contribution < -0.4 is 11.1 Å². The number of rotatable bonds is 6. The highest BCUT2D eigenvalue weighted by molar-refractivity contribution is 8.13. The number of aliphatic hydroxyl groups excluding tert-OH is 4. The van der Waals surface area contributed by atoms with Crippen LogP contribution in [0, 0.1) is 0 Å². The van der Waals surface area contributed by atoms with Crippen LogP contribution >= 0.6 is 11.8 Å². The third-order valence-corrected chi connectivity index (χ3v) is 4.93. The Bertz CT molecular complexity index is 817. The smallest absolute Gasteiger partial charge is 0.475 e. The number of halogens is 3. The summed E-state index contributed by atoms with van der Waals surface area (Å²) in [5.74, 6) is -3.65. The number of ether oxygens (including phenoxy) is 2. The summed E-state index contributed by atoms with van der Waals surface area (Å²) in [5, 5.41) is 47.5. The first-order chi connectivity index (χ1) is 15.7. The van der Waals surface area contributed by atoms with E-state index >= 15 is 0 Å². The molecule has 12 nitrogen and oxygen atoms in total. The van der Waals surface area contributed by atoms with Crippen molar-refractivity contribution in [3.63, 3.8) is 0 Å². The Labute approximate surface area is 194 Å². The third kappa shape index (κ3) is 9.80. The van der Waals surface area contributed by atoms with E-state index in [0.717, 1.165) is 11.8 Å². The van der Waals surface area contributed by atoms with E-state index in [2.05, 4.69) is 5.32 Å².